The van der Waals surface area contributed by atoms with Crippen LogP contribution in [0.15, 0.2) is 0 Å². The van der Waals surface area contributed by atoms with E-state index in [2.05, 4.69) is 11.8 Å². The minimum Gasteiger partial charge on any atom is -0.300 e. The molecule has 4 atom stereocenters. The van der Waals surface area contributed by atoms with E-state index in [-0.39, 0.29) is 0 Å². The van der Waals surface area contributed by atoms with Crippen molar-refractivity contribution in [1.29, 1.82) is 0 Å². The minimum absolute atomic E-state index is 0.519. The van der Waals surface area contributed by atoms with Crippen molar-refractivity contribution in [2.75, 3.05) is 6.54 Å². The monoisotopic (exact) mass is 235 g/mol. The summed E-state index contributed by atoms with van der Waals surface area (Å²) in [5, 5.41) is 0. The molecule has 2 nitrogen and oxygen atoms in total. The molecule has 96 valence electrons. The van der Waals surface area contributed by atoms with Crippen molar-refractivity contribution in [3.63, 3.8) is 0 Å². The van der Waals surface area contributed by atoms with E-state index < -0.39 is 0 Å². The van der Waals surface area contributed by atoms with Gasteiger partial charge in [-0.2, -0.15) is 0 Å². The highest BCUT2D eigenvalue weighted by atomic mass is 16.1. The summed E-state index contributed by atoms with van der Waals surface area (Å²) in [6.45, 7) is 3.69. The summed E-state index contributed by atoms with van der Waals surface area (Å²) in [7, 11) is 0. The Kier molecular flexibility index (Phi) is 3.25. The van der Waals surface area contributed by atoms with Crippen molar-refractivity contribution in [3.05, 3.63) is 0 Å². The third-order valence-electron chi connectivity index (χ3n) is 5.21. The molecule has 2 aliphatic heterocycles. The molecule has 0 N–H and O–H groups in total. The number of piperidine rings is 1. The zero-order valence-electron chi connectivity index (χ0n) is 11.0. The average Bonchev–Trinajstić information content (AvgIpc) is 2.54. The summed E-state index contributed by atoms with van der Waals surface area (Å²) in [5.41, 5.74) is 0. The SMILES string of the molecule is CC1CCCC(CN2C3CCC2CC(=O)C3)C1. The number of hydrogen-bond acceptors (Lipinski definition) is 2. The molecule has 1 aliphatic carbocycles. The van der Waals surface area contributed by atoms with E-state index in [1.54, 1.807) is 0 Å². The predicted molar refractivity (Wildman–Crippen MR) is 68.9 cm³/mol. The van der Waals surface area contributed by atoms with Gasteiger partial charge in [0.05, 0.1) is 0 Å². The maximum atomic E-state index is 11.6. The second-order valence-electron chi connectivity index (χ2n) is 6.67. The summed E-state index contributed by atoms with van der Waals surface area (Å²) in [6.07, 6.45) is 9.95. The Bertz CT molecular complexity index is 285. The Hall–Kier alpha value is -0.370. The van der Waals surface area contributed by atoms with E-state index in [1.165, 1.54) is 45.1 Å². The summed E-state index contributed by atoms with van der Waals surface area (Å²) in [6, 6.07) is 1.22. The molecule has 0 aromatic rings. The summed E-state index contributed by atoms with van der Waals surface area (Å²) in [4.78, 5) is 14.3. The lowest BCUT2D eigenvalue weighted by atomic mass is 9.81. The van der Waals surface area contributed by atoms with Gasteiger partial charge in [-0.15, -0.1) is 0 Å². The zero-order valence-corrected chi connectivity index (χ0v) is 11.0. The van der Waals surface area contributed by atoms with Crippen LogP contribution in [0.2, 0.25) is 0 Å². The molecule has 3 aliphatic rings. The molecule has 17 heavy (non-hydrogen) atoms. The molecule has 4 unspecified atom stereocenters. The fourth-order valence-corrected chi connectivity index (χ4v) is 4.38. The Morgan fingerprint density at radius 3 is 2.47 bits per heavy atom. The van der Waals surface area contributed by atoms with Crippen LogP contribution in [0, 0.1) is 11.8 Å². The Morgan fingerprint density at radius 2 is 1.82 bits per heavy atom. The molecule has 0 aromatic heterocycles. The topological polar surface area (TPSA) is 20.3 Å². The lowest BCUT2D eigenvalue weighted by Crippen LogP contribution is -2.45. The van der Waals surface area contributed by atoms with Gasteiger partial charge >= 0.3 is 0 Å². The summed E-state index contributed by atoms with van der Waals surface area (Å²) in [5.74, 6) is 2.36. The normalized spacial score (nSPS) is 43.0. The number of carbonyl (C=O) groups is 1. The van der Waals surface area contributed by atoms with Crippen LogP contribution in [0.5, 0.6) is 0 Å². The van der Waals surface area contributed by atoms with Gasteiger partial charge in [0.15, 0.2) is 0 Å². The van der Waals surface area contributed by atoms with Crippen molar-refractivity contribution in [1.82, 2.24) is 4.90 Å². The smallest absolute Gasteiger partial charge is 0.136 e. The number of Topliss-reactive ketones (excluding diaryl/α,β-unsaturated/α-hetero) is 1. The molecule has 0 amide bonds. The van der Waals surface area contributed by atoms with Crippen LogP contribution in [0.1, 0.15) is 58.3 Å². The van der Waals surface area contributed by atoms with Gasteiger partial charge in [0.2, 0.25) is 0 Å². The maximum Gasteiger partial charge on any atom is 0.136 e. The number of carbonyl (C=O) groups excluding carboxylic acids is 1. The molecular weight excluding hydrogens is 210 g/mol. The van der Waals surface area contributed by atoms with Crippen LogP contribution in [0.4, 0.5) is 0 Å². The molecule has 2 heteroatoms. The lowest BCUT2D eigenvalue weighted by molar-refractivity contribution is -0.123. The first-order chi connectivity index (χ1) is 8.22. The molecule has 2 heterocycles. The average molecular weight is 235 g/mol. The van der Waals surface area contributed by atoms with Gasteiger partial charge in [-0.3, -0.25) is 9.69 Å². The molecule has 3 rings (SSSR count). The third kappa shape index (κ3) is 2.42. The van der Waals surface area contributed by atoms with E-state index >= 15 is 0 Å². The fraction of sp³-hybridized carbons (Fsp3) is 0.933. The lowest BCUT2D eigenvalue weighted by Gasteiger charge is -2.38. The van der Waals surface area contributed by atoms with Crippen LogP contribution in [-0.4, -0.2) is 29.3 Å². The second-order valence-corrected chi connectivity index (χ2v) is 6.67. The van der Waals surface area contributed by atoms with Crippen molar-refractivity contribution in [2.45, 2.75) is 70.4 Å². The Balaban J connectivity index is 1.60. The van der Waals surface area contributed by atoms with E-state index in [0.29, 0.717) is 17.9 Å². The number of hydrogen-bond donors (Lipinski definition) is 0. The first kappa shape index (κ1) is 11.7. The van der Waals surface area contributed by atoms with E-state index in [9.17, 15) is 4.79 Å². The highest BCUT2D eigenvalue weighted by Gasteiger charge is 2.40. The second kappa shape index (κ2) is 4.72. The van der Waals surface area contributed by atoms with E-state index in [4.69, 9.17) is 0 Å². The van der Waals surface area contributed by atoms with Crippen LogP contribution in [-0.2, 0) is 4.79 Å². The first-order valence-corrected chi connectivity index (χ1v) is 7.50. The quantitative estimate of drug-likeness (QED) is 0.733. The van der Waals surface area contributed by atoms with Gasteiger partial charge < -0.3 is 0 Å². The minimum atomic E-state index is 0.519. The predicted octanol–water partition coefficient (Wildman–Crippen LogP) is 3.01. The van der Waals surface area contributed by atoms with Gasteiger partial charge in [0, 0.05) is 31.5 Å². The molecule has 0 radical (unpaired) electrons. The van der Waals surface area contributed by atoms with Crippen LogP contribution in [0.3, 0.4) is 0 Å². The number of ketones is 1. The van der Waals surface area contributed by atoms with Crippen LogP contribution in [0.25, 0.3) is 0 Å². The van der Waals surface area contributed by atoms with Crippen molar-refractivity contribution in [3.8, 4) is 0 Å². The van der Waals surface area contributed by atoms with Gasteiger partial charge in [0.1, 0.15) is 5.78 Å². The maximum absolute atomic E-state index is 11.6. The molecular formula is C15H25NO. The number of rotatable bonds is 2. The van der Waals surface area contributed by atoms with Gasteiger partial charge in [-0.05, 0) is 37.5 Å². The Labute approximate surface area is 105 Å². The summed E-state index contributed by atoms with van der Waals surface area (Å²) >= 11 is 0. The van der Waals surface area contributed by atoms with Crippen LogP contribution >= 0.6 is 0 Å². The molecule has 0 spiro atoms. The third-order valence-corrected chi connectivity index (χ3v) is 5.21. The standard InChI is InChI=1S/C15H25NO/c1-11-3-2-4-12(7-11)10-16-13-5-6-14(16)9-15(17)8-13/h11-14H,2-10H2,1H3. The van der Waals surface area contributed by atoms with Gasteiger partial charge in [-0.1, -0.05) is 19.8 Å². The molecule has 2 saturated heterocycles. The van der Waals surface area contributed by atoms with E-state index in [0.717, 1.165) is 24.7 Å². The largest absolute Gasteiger partial charge is 0.300 e. The van der Waals surface area contributed by atoms with E-state index in [1.807, 2.05) is 0 Å². The van der Waals surface area contributed by atoms with Crippen molar-refractivity contribution in [2.24, 2.45) is 11.8 Å². The molecule has 2 bridgehead atoms. The number of nitrogens with zero attached hydrogens (tertiary/aromatic N) is 1. The Morgan fingerprint density at radius 1 is 1.12 bits per heavy atom. The van der Waals surface area contributed by atoms with Crippen molar-refractivity contribution < 1.29 is 4.79 Å². The molecule has 0 aromatic carbocycles. The summed E-state index contributed by atoms with van der Waals surface area (Å²) < 4.78 is 0. The highest BCUT2D eigenvalue weighted by Crippen LogP contribution is 2.37. The first-order valence-electron chi connectivity index (χ1n) is 7.50. The molecule has 1 saturated carbocycles. The van der Waals surface area contributed by atoms with Gasteiger partial charge in [-0.25, -0.2) is 0 Å². The highest BCUT2D eigenvalue weighted by molar-refractivity contribution is 5.80. The molecule has 3 fully saturated rings. The fourth-order valence-electron chi connectivity index (χ4n) is 4.38. The zero-order chi connectivity index (χ0) is 11.8. The van der Waals surface area contributed by atoms with Gasteiger partial charge in [0.25, 0.3) is 0 Å². The number of fused-ring (bicyclic) bond motifs is 2. The van der Waals surface area contributed by atoms with Crippen LogP contribution < -0.4 is 0 Å². The van der Waals surface area contributed by atoms with Crippen molar-refractivity contribution >= 4 is 5.78 Å².